The molecule has 0 saturated carbocycles. The van der Waals surface area contributed by atoms with Gasteiger partial charge in [-0.2, -0.15) is 22.0 Å². The first-order valence-electron chi connectivity index (χ1n) is 6.21. The zero-order valence-corrected chi connectivity index (χ0v) is 12.2. The highest BCUT2D eigenvalue weighted by Gasteiger charge is 2.27. The predicted octanol–water partition coefficient (Wildman–Crippen LogP) is 3.30. The molecule has 0 saturated heterocycles. The van der Waals surface area contributed by atoms with Gasteiger partial charge in [-0.15, -0.1) is 10.2 Å². The van der Waals surface area contributed by atoms with E-state index >= 15 is 0 Å². The van der Waals surface area contributed by atoms with Crippen molar-refractivity contribution in [2.24, 2.45) is 0 Å². The van der Waals surface area contributed by atoms with Gasteiger partial charge in [0.1, 0.15) is 5.75 Å². The number of alkyl halides is 5. The molecule has 0 unspecified atom stereocenters. The third-order valence-corrected chi connectivity index (χ3v) is 3.56. The lowest BCUT2D eigenvalue weighted by Gasteiger charge is -2.07. The van der Waals surface area contributed by atoms with E-state index in [4.69, 9.17) is 5.84 Å². The van der Waals surface area contributed by atoms with E-state index in [9.17, 15) is 22.0 Å². The highest BCUT2D eigenvalue weighted by atomic mass is 32.2. The van der Waals surface area contributed by atoms with E-state index in [1.165, 1.54) is 24.3 Å². The van der Waals surface area contributed by atoms with Gasteiger partial charge in [-0.3, -0.25) is 0 Å². The summed E-state index contributed by atoms with van der Waals surface area (Å²) in [5.41, 5.74) is 0.462. The number of nitrogens with two attached hydrogens (primary N) is 1. The van der Waals surface area contributed by atoms with Crippen molar-refractivity contribution in [2.45, 2.75) is 24.4 Å². The van der Waals surface area contributed by atoms with Crippen LogP contribution in [0.4, 0.5) is 22.0 Å². The number of halogens is 5. The molecule has 1 aromatic heterocycles. The van der Waals surface area contributed by atoms with Crippen LogP contribution in [0.1, 0.15) is 6.42 Å². The Morgan fingerprint density at radius 1 is 1.17 bits per heavy atom. The molecule has 0 spiro atoms. The molecule has 0 fully saturated rings. The van der Waals surface area contributed by atoms with Crippen molar-refractivity contribution in [3.8, 4) is 17.1 Å². The molecule has 126 valence electrons. The van der Waals surface area contributed by atoms with E-state index in [1.54, 1.807) is 0 Å². The van der Waals surface area contributed by atoms with Crippen LogP contribution < -0.4 is 10.6 Å². The van der Waals surface area contributed by atoms with E-state index in [0.717, 1.165) is 16.4 Å². The van der Waals surface area contributed by atoms with Crippen LogP contribution >= 0.6 is 11.8 Å². The largest absolute Gasteiger partial charge is 0.435 e. The van der Waals surface area contributed by atoms with Gasteiger partial charge in [0.05, 0.1) is 6.42 Å². The fraction of sp³-hybridized carbons (Fsp3) is 0.333. The zero-order chi connectivity index (χ0) is 17.0. The van der Waals surface area contributed by atoms with Crippen LogP contribution in [0.2, 0.25) is 0 Å². The SMILES string of the molecule is Nn1c(SCCC(F)(F)F)nnc1-c1ccc(OC(F)F)cc1. The second-order valence-electron chi connectivity index (χ2n) is 4.29. The fourth-order valence-corrected chi connectivity index (χ4v) is 2.46. The number of hydrogen-bond acceptors (Lipinski definition) is 5. The number of nitrogen functional groups attached to an aromatic ring is 1. The number of hydrogen-bond donors (Lipinski definition) is 1. The Hall–Kier alpha value is -2.04. The maximum atomic E-state index is 12.1. The molecule has 5 nitrogen and oxygen atoms in total. The highest BCUT2D eigenvalue weighted by Crippen LogP contribution is 2.27. The molecule has 0 aliphatic rings. The molecule has 23 heavy (non-hydrogen) atoms. The molecule has 2 aromatic rings. The van der Waals surface area contributed by atoms with Crippen LogP contribution in [0.25, 0.3) is 11.4 Å². The highest BCUT2D eigenvalue weighted by molar-refractivity contribution is 7.99. The lowest BCUT2D eigenvalue weighted by molar-refractivity contribution is -0.129. The molecule has 0 bridgehead atoms. The average molecular weight is 354 g/mol. The second-order valence-corrected chi connectivity index (χ2v) is 5.35. The quantitative estimate of drug-likeness (QED) is 0.490. The third-order valence-electron chi connectivity index (χ3n) is 2.62. The minimum atomic E-state index is -4.25. The van der Waals surface area contributed by atoms with Gasteiger partial charge < -0.3 is 10.6 Å². The lowest BCUT2D eigenvalue weighted by Crippen LogP contribution is -2.13. The van der Waals surface area contributed by atoms with Crippen molar-refractivity contribution < 1.29 is 26.7 Å². The van der Waals surface area contributed by atoms with Gasteiger partial charge in [-0.05, 0) is 24.3 Å². The van der Waals surface area contributed by atoms with Gasteiger partial charge in [0, 0.05) is 11.3 Å². The van der Waals surface area contributed by atoms with Crippen molar-refractivity contribution in [1.82, 2.24) is 14.9 Å². The Bertz CT molecular complexity index is 644. The molecule has 1 aromatic carbocycles. The van der Waals surface area contributed by atoms with Gasteiger partial charge in [0.2, 0.25) is 5.16 Å². The lowest BCUT2D eigenvalue weighted by atomic mass is 10.2. The van der Waals surface area contributed by atoms with Crippen LogP contribution in [-0.4, -0.2) is 33.4 Å². The molecule has 0 atom stereocenters. The summed E-state index contributed by atoms with van der Waals surface area (Å²) in [5, 5.41) is 7.63. The Morgan fingerprint density at radius 2 is 1.83 bits per heavy atom. The van der Waals surface area contributed by atoms with Gasteiger partial charge in [0.25, 0.3) is 0 Å². The van der Waals surface area contributed by atoms with Gasteiger partial charge in [-0.25, -0.2) is 4.68 Å². The number of rotatable bonds is 6. The van der Waals surface area contributed by atoms with E-state index in [1.807, 2.05) is 0 Å². The minimum absolute atomic E-state index is 0.0355. The van der Waals surface area contributed by atoms with Crippen LogP contribution in [-0.2, 0) is 0 Å². The Balaban J connectivity index is 2.06. The fourth-order valence-electron chi connectivity index (χ4n) is 1.62. The number of nitrogens with zero attached hydrogens (tertiary/aromatic N) is 3. The summed E-state index contributed by atoms with van der Waals surface area (Å²) in [7, 11) is 0. The summed E-state index contributed by atoms with van der Waals surface area (Å²) in [5.74, 6) is 5.67. The van der Waals surface area contributed by atoms with Crippen LogP contribution in [0.3, 0.4) is 0 Å². The van der Waals surface area contributed by atoms with Gasteiger partial charge >= 0.3 is 12.8 Å². The van der Waals surface area contributed by atoms with Crippen molar-refractivity contribution in [2.75, 3.05) is 11.6 Å². The van der Waals surface area contributed by atoms with Crippen molar-refractivity contribution >= 4 is 11.8 Å². The second kappa shape index (κ2) is 7.02. The summed E-state index contributed by atoms with van der Waals surface area (Å²) in [6.45, 7) is -2.93. The van der Waals surface area contributed by atoms with E-state index < -0.39 is 19.2 Å². The Kier molecular flexibility index (Phi) is 5.29. The maximum absolute atomic E-state index is 12.1. The van der Waals surface area contributed by atoms with E-state index in [-0.39, 0.29) is 22.5 Å². The number of aromatic nitrogens is 3. The molecular weight excluding hydrogens is 343 g/mol. The Labute approximate surface area is 131 Å². The van der Waals surface area contributed by atoms with E-state index in [2.05, 4.69) is 14.9 Å². The van der Waals surface area contributed by atoms with Crippen LogP contribution in [0, 0.1) is 0 Å². The molecule has 0 amide bonds. The topological polar surface area (TPSA) is 66.0 Å². The van der Waals surface area contributed by atoms with E-state index in [0.29, 0.717) is 5.56 Å². The summed E-state index contributed by atoms with van der Waals surface area (Å²) in [6, 6.07) is 5.48. The summed E-state index contributed by atoms with van der Waals surface area (Å²) in [6.07, 6.45) is -5.23. The van der Waals surface area contributed by atoms with Gasteiger partial charge in [-0.1, -0.05) is 11.8 Å². The molecule has 0 aliphatic heterocycles. The summed E-state index contributed by atoms with van der Waals surface area (Å²) < 4.78 is 65.7. The Morgan fingerprint density at radius 3 is 2.39 bits per heavy atom. The molecule has 11 heteroatoms. The molecule has 2 N–H and O–H groups in total. The first-order chi connectivity index (χ1) is 10.8. The molecular formula is C12H11F5N4OS. The first-order valence-corrected chi connectivity index (χ1v) is 7.20. The monoisotopic (exact) mass is 354 g/mol. The van der Waals surface area contributed by atoms with Gasteiger partial charge in [0.15, 0.2) is 5.82 Å². The standard InChI is InChI=1S/C12H11F5N4OS/c13-10(14)22-8-3-1-7(2-4-8)9-19-20-11(21(9)18)23-6-5-12(15,16)17/h1-4,10H,5-6,18H2. The normalized spacial score (nSPS) is 11.9. The van der Waals surface area contributed by atoms with Crippen LogP contribution in [0.5, 0.6) is 5.75 Å². The number of benzene rings is 1. The third kappa shape index (κ3) is 4.98. The molecule has 1 heterocycles. The average Bonchev–Trinajstić information content (AvgIpc) is 2.79. The minimum Gasteiger partial charge on any atom is -0.435 e. The van der Waals surface area contributed by atoms with Crippen molar-refractivity contribution in [3.63, 3.8) is 0 Å². The summed E-state index contributed by atoms with van der Waals surface area (Å²) in [4.78, 5) is 0. The smallest absolute Gasteiger partial charge is 0.389 e. The predicted molar refractivity (Wildman–Crippen MR) is 73.6 cm³/mol. The number of thioether (sulfide) groups is 1. The van der Waals surface area contributed by atoms with Crippen LogP contribution in [0.15, 0.2) is 29.4 Å². The van der Waals surface area contributed by atoms with Crippen molar-refractivity contribution in [1.29, 1.82) is 0 Å². The molecule has 2 rings (SSSR count). The first kappa shape index (κ1) is 17.3. The maximum Gasteiger partial charge on any atom is 0.389 e. The van der Waals surface area contributed by atoms with Crippen molar-refractivity contribution in [3.05, 3.63) is 24.3 Å². The zero-order valence-electron chi connectivity index (χ0n) is 11.4. The summed E-state index contributed by atoms with van der Waals surface area (Å²) >= 11 is 0.821. The molecule has 0 radical (unpaired) electrons. The number of ether oxygens (including phenoxy) is 1. The molecule has 0 aliphatic carbocycles.